The van der Waals surface area contributed by atoms with Crippen molar-refractivity contribution < 1.29 is 14.5 Å². The van der Waals surface area contributed by atoms with Gasteiger partial charge in [-0.15, -0.1) is 0 Å². The van der Waals surface area contributed by atoms with Gasteiger partial charge in [0, 0.05) is 41.5 Å². The van der Waals surface area contributed by atoms with E-state index in [0.717, 1.165) is 6.42 Å². The fraction of sp³-hybridized carbons (Fsp3) is 0.222. The molecule has 2 amide bonds. The Bertz CT molecular complexity index is 863. The molecule has 3 rings (SSSR count). The smallest absolute Gasteiger partial charge is 0.274 e. The van der Waals surface area contributed by atoms with E-state index in [0.29, 0.717) is 35.5 Å². The van der Waals surface area contributed by atoms with Crippen molar-refractivity contribution in [3.05, 3.63) is 63.7 Å². The minimum absolute atomic E-state index is 0.0470. The summed E-state index contributed by atoms with van der Waals surface area (Å²) in [6, 6.07) is 11.3. The summed E-state index contributed by atoms with van der Waals surface area (Å²) >= 11 is 0. The Morgan fingerprint density at radius 1 is 1.24 bits per heavy atom. The molecule has 1 fully saturated rings. The van der Waals surface area contributed by atoms with E-state index >= 15 is 0 Å². The van der Waals surface area contributed by atoms with E-state index in [4.69, 9.17) is 0 Å². The Labute approximate surface area is 144 Å². The van der Waals surface area contributed by atoms with Gasteiger partial charge >= 0.3 is 0 Å². The van der Waals surface area contributed by atoms with E-state index in [1.807, 2.05) is 0 Å². The minimum Gasteiger partial charge on any atom is -0.322 e. The zero-order valence-electron chi connectivity index (χ0n) is 13.7. The molecule has 1 aliphatic rings. The van der Waals surface area contributed by atoms with Crippen LogP contribution in [-0.2, 0) is 4.79 Å². The zero-order chi connectivity index (χ0) is 18.0. The average molecular weight is 339 g/mol. The second-order valence-corrected chi connectivity index (χ2v) is 5.91. The summed E-state index contributed by atoms with van der Waals surface area (Å²) in [6.45, 7) is 2.29. The number of anilines is 2. The van der Waals surface area contributed by atoms with E-state index in [9.17, 15) is 19.7 Å². The Hall–Kier alpha value is -3.22. The highest BCUT2D eigenvalue weighted by molar-refractivity contribution is 6.05. The Morgan fingerprint density at radius 3 is 2.72 bits per heavy atom. The van der Waals surface area contributed by atoms with Gasteiger partial charge < -0.3 is 10.2 Å². The summed E-state index contributed by atoms with van der Waals surface area (Å²) in [5.41, 5.74) is 1.90. The van der Waals surface area contributed by atoms with Gasteiger partial charge in [-0.1, -0.05) is 12.1 Å². The van der Waals surface area contributed by atoms with Gasteiger partial charge in [-0.2, -0.15) is 0 Å². The molecule has 0 aliphatic carbocycles. The molecule has 1 heterocycles. The highest BCUT2D eigenvalue weighted by Crippen LogP contribution is 2.25. The Kier molecular flexibility index (Phi) is 4.47. The van der Waals surface area contributed by atoms with E-state index in [1.54, 1.807) is 48.2 Å². The molecule has 7 nitrogen and oxygen atoms in total. The number of nitro groups is 1. The van der Waals surface area contributed by atoms with Crippen molar-refractivity contribution in [3.8, 4) is 0 Å². The molecule has 0 spiro atoms. The molecule has 0 radical (unpaired) electrons. The molecule has 2 aromatic rings. The molecule has 0 atom stereocenters. The quantitative estimate of drug-likeness (QED) is 0.683. The van der Waals surface area contributed by atoms with Crippen molar-refractivity contribution in [2.45, 2.75) is 19.8 Å². The molecule has 2 aromatic carbocycles. The number of rotatable bonds is 4. The third-order valence-electron chi connectivity index (χ3n) is 4.16. The number of carbonyl (C=O) groups is 2. The topological polar surface area (TPSA) is 92.6 Å². The lowest BCUT2D eigenvalue weighted by Gasteiger charge is -2.16. The number of nitrogens with zero attached hydrogens (tertiary/aromatic N) is 2. The number of nitrogens with one attached hydrogen (secondary N) is 1. The molecule has 0 aromatic heterocycles. The molecule has 0 saturated carbocycles. The molecule has 1 saturated heterocycles. The third-order valence-corrected chi connectivity index (χ3v) is 4.16. The lowest BCUT2D eigenvalue weighted by Crippen LogP contribution is -2.24. The number of hydrogen-bond donors (Lipinski definition) is 1. The minimum atomic E-state index is -0.482. The summed E-state index contributed by atoms with van der Waals surface area (Å²) in [6.07, 6.45) is 1.33. The van der Waals surface area contributed by atoms with Crippen LogP contribution in [0.4, 0.5) is 17.1 Å². The second-order valence-electron chi connectivity index (χ2n) is 5.91. The van der Waals surface area contributed by atoms with Crippen molar-refractivity contribution in [1.82, 2.24) is 0 Å². The van der Waals surface area contributed by atoms with Crippen LogP contribution in [0.5, 0.6) is 0 Å². The van der Waals surface area contributed by atoms with Gasteiger partial charge in [-0.25, -0.2) is 0 Å². The fourth-order valence-corrected chi connectivity index (χ4v) is 2.82. The average Bonchev–Trinajstić information content (AvgIpc) is 3.02. The van der Waals surface area contributed by atoms with Gasteiger partial charge in [0.15, 0.2) is 0 Å². The van der Waals surface area contributed by atoms with Gasteiger partial charge in [0.25, 0.3) is 11.6 Å². The number of amides is 2. The van der Waals surface area contributed by atoms with E-state index < -0.39 is 4.92 Å². The molecule has 1 N–H and O–H groups in total. The van der Waals surface area contributed by atoms with Crippen LogP contribution in [0.3, 0.4) is 0 Å². The highest BCUT2D eigenvalue weighted by Gasteiger charge is 2.22. The SMILES string of the molecule is Cc1ccc(NC(=O)c2cccc(N3CCCC3=O)c2)cc1[N+](=O)[O-]. The number of nitro benzene ring substituents is 1. The number of aryl methyl sites for hydroxylation is 1. The van der Waals surface area contributed by atoms with E-state index in [1.165, 1.54) is 6.07 Å². The largest absolute Gasteiger partial charge is 0.322 e. The molecule has 7 heteroatoms. The molecular formula is C18H17N3O4. The van der Waals surface area contributed by atoms with Gasteiger partial charge in [0.05, 0.1) is 4.92 Å². The predicted octanol–water partition coefficient (Wildman–Crippen LogP) is 3.28. The first-order chi connectivity index (χ1) is 12.0. The lowest BCUT2D eigenvalue weighted by molar-refractivity contribution is -0.385. The van der Waals surface area contributed by atoms with Crippen molar-refractivity contribution in [2.75, 3.05) is 16.8 Å². The first kappa shape index (κ1) is 16.6. The fourth-order valence-electron chi connectivity index (χ4n) is 2.82. The van der Waals surface area contributed by atoms with Crippen LogP contribution in [0.1, 0.15) is 28.8 Å². The van der Waals surface area contributed by atoms with Crippen LogP contribution in [0.2, 0.25) is 0 Å². The molecule has 0 unspecified atom stereocenters. The summed E-state index contributed by atoms with van der Waals surface area (Å²) in [7, 11) is 0. The van der Waals surface area contributed by atoms with Crippen LogP contribution >= 0.6 is 0 Å². The van der Waals surface area contributed by atoms with Crippen molar-refractivity contribution in [1.29, 1.82) is 0 Å². The monoisotopic (exact) mass is 339 g/mol. The third kappa shape index (κ3) is 3.50. The van der Waals surface area contributed by atoms with E-state index in [2.05, 4.69) is 5.32 Å². The molecule has 128 valence electrons. The molecule has 25 heavy (non-hydrogen) atoms. The molecule has 1 aliphatic heterocycles. The highest BCUT2D eigenvalue weighted by atomic mass is 16.6. The van der Waals surface area contributed by atoms with Crippen LogP contribution in [0.25, 0.3) is 0 Å². The van der Waals surface area contributed by atoms with Crippen molar-refractivity contribution in [2.24, 2.45) is 0 Å². The summed E-state index contributed by atoms with van der Waals surface area (Å²) in [4.78, 5) is 36.5. The summed E-state index contributed by atoms with van der Waals surface area (Å²) in [5, 5.41) is 13.7. The normalized spacial score (nSPS) is 13.8. The number of carbonyl (C=O) groups excluding carboxylic acids is 2. The maximum absolute atomic E-state index is 12.4. The van der Waals surface area contributed by atoms with Crippen molar-refractivity contribution in [3.63, 3.8) is 0 Å². The predicted molar refractivity (Wildman–Crippen MR) is 93.8 cm³/mol. The standard InChI is InChI=1S/C18H17N3O4/c1-12-7-8-14(11-16(12)21(24)25)19-18(23)13-4-2-5-15(10-13)20-9-3-6-17(20)22/h2,4-5,7-8,10-11H,3,6,9H2,1H3,(H,19,23). The van der Waals surface area contributed by atoms with Gasteiger partial charge in [0.1, 0.15) is 0 Å². The molecular weight excluding hydrogens is 322 g/mol. The van der Waals surface area contributed by atoms with Crippen LogP contribution in [-0.4, -0.2) is 23.3 Å². The van der Waals surface area contributed by atoms with Crippen LogP contribution < -0.4 is 10.2 Å². The van der Waals surface area contributed by atoms with Gasteiger partial charge in [-0.3, -0.25) is 19.7 Å². The van der Waals surface area contributed by atoms with Gasteiger partial charge in [-0.05, 0) is 37.6 Å². The molecule has 0 bridgehead atoms. The summed E-state index contributed by atoms with van der Waals surface area (Å²) < 4.78 is 0. The van der Waals surface area contributed by atoms with E-state index in [-0.39, 0.29) is 17.5 Å². The van der Waals surface area contributed by atoms with Gasteiger partial charge in [0.2, 0.25) is 5.91 Å². The number of hydrogen-bond acceptors (Lipinski definition) is 4. The Morgan fingerprint density at radius 2 is 2.04 bits per heavy atom. The Balaban J connectivity index is 1.81. The maximum Gasteiger partial charge on any atom is 0.274 e. The number of benzene rings is 2. The zero-order valence-corrected chi connectivity index (χ0v) is 13.7. The van der Waals surface area contributed by atoms with Crippen LogP contribution in [0.15, 0.2) is 42.5 Å². The lowest BCUT2D eigenvalue weighted by atomic mass is 10.1. The first-order valence-corrected chi connectivity index (χ1v) is 7.92. The van der Waals surface area contributed by atoms with Crippen LogP contribution in [0, 0.1) is 17.0 Å². The summed E-state index contributed by atoms with van der Waals surface area (Å²) in [5.74, 6) is -0.335. The second kappa shape index (κ2) is 6.72. The maximum atomic E-state index is 12.4. The van der Waals surface area contributed by atoms with Crippen molar-refractivity contribution >= 4 is 28.9 Å². The first-order valence-electron chi connectivity index (χ1n) is 7.92.